The van der Waals surface area contributed by atoms with Gasteiger partial charge in [-0.1, -0.05) is 0 Å². The highest BCUT2D eigenvalue weighted by Gasteiger charge is 2.48. The van der Waals surface area contributed by atoms with Crippen molar-refractivity contribution in [2.75, 3.05) is 6.61 Å². The van der Waals surface area contributed by atoms with E-state index in [0.29, 0.717) is 13.0 Å². The van der Waals surface area contributed by atoms with Crippen LogP contribution in [0.25, 0.3) is 0 Å². The molecule has 0 aromatic rings. The molecule has 0 amide bonds. The molecule has 2 aliphatic rings. The fraction of sp³-hybridized carbons (Fsp3) is 0.909. The minimum absolute atomic E-state index is 0.00639. The summed E-state index contributed by atoms with van der Waals surface area (Å²) >= 11 is 0. The molecule has 0 aromatic heterocycles. The van der Waals surface area contributed by atoms with Crippen molar-refractivity contribution in [2.24, 2.45) is 0 Å². The largest absolute Gasteiger partial charge is 0.457 e. The fourth-order valence-electron chi connectivity index (χ4n) is 2.15. The minimum atomic E-state index is -0.300. The topological polar surface area (TPSA) is 54.0 Å². The van der Waals surface area contributed by atoms with E-state index >= 15 is 0 Å². The van der Waals surface area contributed by atoms with Gasteiger partial charge in [0.15, 0.2) is 12.4 Å². The molecule has 0 saturated carbocycles. The molecule has 2 heterocycles. The molecule has 92 valence electrons. The Balaban J connectivity index is 1.88. The molecule has 0 bridgehead atoms. The number of esters is 1. The first-order valence-corrected chi connectivity index (χ1v) is 5.66. The zero-order chi connectivity index (χ0) is 11.7. The van der Waals surface area contributed by atoms with E-state index < -0.39 is 0 Å². The lowest BCUT2D eigenvalue weighted by Crippen LogP contribution is -2.32. The van der Waals surface area contributed by atoms with E-state index in [1.54, 1.807) is 0 Å². The summed E-state index contributed by atoms with van der Waals surface area (Å²) < 4.78 is 21.9. The fourth-order valence-corrected chi connectivity index (χ4v) is 2.15. The van der Waals surface area contributed by atoms with Gasteiger partial charge < -0.3 is 18.9 Å². The third-order valence-corrected chi connectivity index (χ3v) is 2.68. The van der Waals surface area contributed by atoms with Gasteiger partial charge in [-0.2, -0.15) is 0 Å². The van der Waals surface area contributed by atoms with Gasteiger partial charge in [-0.15, -0.1) is 0 Å². The summed E-state index contributed by atoms with van der Waals surface area (Å²) in [7, 11) is 0. The molecular weight excluding hydrogens is 212 g/mol. The van der Waals surface area contributed by atoms with E-state index in [1.807, 2.05) is 13.8 Å². The Morgan fingerprint density at radius 1 is 1.44 bits per heavy atom. The van der Waals surface area contributed by atoms with Gasteiger partial charge in [-0.25, -0.2) is 0 Å². The lowest BCUT2D eigenvalue weighted by atomic mass is 10.1. The molecule has 2 rings (SSSR count). The van der Waals surface area contributed by atoms with Crippen LogP contribution in [0.4, 0.5) is 0 Å². The third kappa shape index (κ3) is 2.53. The van der Waals surface area contributed by atoms with Gasteiger partial charge in [-0.3, -0.25) is 4.79 Å². The summed E-state index contributed by atoms with van der Waals surface area (Å²) in [6.45, 7) is 5.73. The third-order valence-electron chi connectivity index (χ3n) is 2.68. The SMILES string of the molecule is CC(=O)O[C@@H]1CO[C@@H]2C[C@H](OC(C)C)O[C@@H]21. The summed E-state index contributed by atoms with van der Waals surface area (Å²) in [6, 6.07) is 0. The highest BCUT2D eigenvalue weighted by molar-refractivity contribution is 5.66. The highest BCUT2D eigenvalue weighted by Crippen LogP contribution is 2.33. The van der Waals surface area contributed by atoms with Crippen LogP contribution in [-0.4, -0.2) is 43.3 Å². The van der Waals surface area contributed by atoms with E-state index in [-0.39, 0.29) is 36.7 Å². The maximum atomic E-state index is 10.9. The van der Waals surface area contributed by atoms with Gasteiger partial charge in [0, 0.05) is 13.3 Å². The average molecular weight is 230 g/mol. The molecule has 0 aromatic carbocycles. The first kappa shape index (κ1) is 11.8. The summed E-state index contributed by atoms with van der Waals surface area (Å²) in [5, 5.41) is 0. The van der Waals surface area contributed by atoms with Crippen molar-refractivity contribution in [2.45, 2.75) is 57.9 Å². The maximum Gasteiger partial charge on any atom is 0.303 e. The second-order valence-corrected chi connectivity index (χ2v) is 4.47. The first-order valence-electron chi connectivity index (χ1n) is 5.66. The van der Waals surface area contributed by atoms with E-state index in [2.05, 4.69) is 0 Å². The number of hydrogen-bond acceptors (Lipinski definition) is 5. The van der Waals surface area contributed by atoms with Crippen LogP contribution in [-0.2, 0) is 23.7 Å². The van der Waals surface area contributed by atoms with Gasteiger partial charge in [-0.05, 0) is 13.8 Å². The van der Waals surface area contributed by atoms with Crippen LogP contribution in [0, 0.1) is 0 Å². The quantitative estimate of drug-likeness (QED) is 0.673. The summed E-state index contributed by atoms with van der Waals surface area (Å²) in [5.41, 5.74) is 0. The minimum Gasteiger partial charge on any atom is -0.457 e. The lowest BCUT2D eigenvalue weighted by Gasteiger charge is -2.19. The number of ether oxygens (including phenoxy) is 4. The standard InChI is InChI=1S/C11H18O5/c1-6(2)14-10-4-8-11(16-10)9(5-13-8)15-7(3)12/h6,8-11H,4-5H2,1-3H3/t8-,9-,10-,11+/m1/s1. The smallest absolute Gasteiger partial charge is 0.303 e. The second-order valence-electron chi connectivity index (χ2n) is 4.47. The number of hydrogen-bond donors (Lipinski definition) is 0. The Kier molecular flexibility index (Phi) is 3.47. The van der Waals surface area contributed by atoms with E-state index in [0.717, 1.165) is 0 Å². The molecular formula is C11H18O5. The Bertz CT molecular complexity index is 265. The van der Waals surface area contributed by atoms with Crippen molar-refractivity contribution in [3.63, 3.8) is 0 Å². The van der Waals surface area contributed by atoms with Crippen LogP contribution < -0.4 is 0 Å². The predicted octanol–water partition coefficient (Wildman–Crippen LogP) is 0.857. The first-order chi connectivity index (χ1) is 7.56. The number of carbonyl (C=O) groups is 1. The van der Waals surface area contributed by atoms with E-state index in [9.17, 15) is 4.79 Å². The normalized spacial score (nSPS) is 37.8. The molecule has 5 heteroatoms. The lowest BCUT2D eigenvalue weighted by molar-refractivity contribution is -0.179. The zero-order valence-corrected chi connectivity index (χ0v) is 9.84. The van der Waals surface area contributed by atoms with Crippen molar-refractivity contribution in [3.05, 3.63) is 0 Å². The van der Waals surface area contributed by atoms with Crippen LogP contribution in [0.1, 0.15) is 27.2 Å². The maximum absolute atomic E-state index is 10.9. The molecule has 5 nitrogen and oxygen atoms in total. The van der Waals surface area contributed by atoms with Crippen LogP contribution >= 0.6 is 0 Å². The van der Waals surface area contributed by atoms with E-state index in [4.69, 9.17) is 18.9 Å². The van der Waals surface area contributed by atoms with Gasteiger partial charge in [0.1, 0.15) is 6.10 Å². The highest BCUT2D eigenvalue weighted by atomic mass is 16.7. The zero-order valence-electron chi connectivity index (χ0n) is 9.84. The van der Waals surface area contributed by atoms with E-state index in [1.165, 1.54) is 6.92 Å². The summed E-state index contributed by atoms with van der Waals surface area (Å²) in [4.78, 5) is 10.9. The molecule has 2 saturated heterocycles. The number of rotatable bonds is 3. The molecule has 0 spiro atoms. The van der Waals surface area contributed by atoms with Gasteiger partial charge in [0.05, 0.1) is 18.8 Å². The van der Waals surface area contributed by atoms with Crippen LogP contribution in [0.5, 0.6) is 0 Å². The number of fused-ring (bicyclic) bond motifs is 1. The van der Waals surface area contributed by atoms with Gasteiger partial charge in [0.2, 0.25) is 0 Å². The van der Waals surface area contributed by atoms with Crippen molar-refractivity contribution in [3.8, 4) is 0 Å². The number of carbonyl (C=O) groups excluding carboxylic acids is 1. The van der Waals surface area contributed by atoms with Gasteiger partial charge in [0.25, 0.3) is 0 Å². The molecule has 2 aliphatic heterocycles. The monoisotopic (exact) mass is 230 g/mol. The molecule has 0 radical (unpaired) electrons. The van der Waals surface area contributed by atoms with Crippen molar-refractivity contribution in [1.29, 1.82) is 0 Å². The van der Waals surface area contributed by atoms with Gasteiger partial charge >= 0.3 is 5.97 Å². The Hall–Kier alpha value is -0.650. The Morgan fingerprint density at radius 2 is 2.19 bits per heavy atom. The summed E-state index contributed by atoms with van der Waals surface area (Å²) in [5.74, 6) is -0.300. The Labute approximate surface area is 95.0 Å². The molecule has 16 heavy (non-hydrogen) atoms. The molecule has 4 atom stereocenters. The van der Waals surface area contributed by atoms with Crippen molar-refractivity contribution < 1.29 is 23.7 Å². The van der Waals surface area contributed by atoms with Crippen molar-refractivity contribution in [1.82, 2.24) is 0 Å². The Morgan fingerprint density at radius 3 is 2.81 bits per heavy atom. The molecule has 2 fully saturated rings. The summed E-state index contributed by atoms with van der Waals surface area (Å²) in [6.07, 6.45) is 0.119. The van der Waals surface area contributed by atoms with Crippen LogP contribution in [0.2, 0.25) is 0 Å². The van der Waals surface area contributed by atoms with Crippen molar-refractivity contribution >= 4 is 5.97 Å². The molecule has 0 aliphatic carbocycles. The molecule has 0 N–H and O–H groups in total. The average Bonchev–Trinajstić information content (AvgIpc) is 2.66. The second kappa shape index (κ2) is 4.69. The predicted molar refractivity (Wildman–Crippen MR) is 54.8 cm³/mol. The van der Waals surface area contributed by atoms with Crippen LogP contribution in [0.15, 0.2) is 0 Å². The molecule has 0 unspecified atom stereocenters. The van der Waals surface area contributed by atoms with Crippen LogP contribution in [0.3, 0.4) is 0 Å².